The molecule has 0 spiro atoms. The van der Waals surface area contributed by atoms with Crippen LogP contribution in [0.5, 0.6) is 0 Å². The molecule has 2 bridgehead atoms. The Hall–Kier alpha value is -0.630. The van der Waals surface area contributed by atoms with Crippen molar-refractivity contribution in [1.29, 1.82) is 0 Å². The van der Waals surface area contributed by atoms with Gasteiger partial charge in [0.2, 0.25) is 0 Å². The smallest absolute Gasteiger partial charge is 0.147 e. The van der Waals surface area contributed by atoms with Crippen LogP contribution in [0.3, 0.4) is 0 Å². The first-order valence-corrected chi connectivity index (χ1v) is 3.66. The first-order valence-electron chi connectivity index (χ1n) is 3.66. The standard InChI is InChI=1S/C8H10O2/c9-8-6-2-1-3-7(8)5-10-4-6/h1-2,6-7H,3-5H2/t6-,7+/m1/s1. The lowest BCUT2D eigenvalue weighted by atomic mass is 9.84. The van der Waals surface area contributed by atoms with E-state index in [-0.39, 0.29) is 11.8 Å². The Morgan fingerprint density at radius 3 is 3.10 bits per heavy atom. The highest BCUT2D eigenvalue weighted by atomic mass is 16.5. The van der Waals surface area contributed by atoms with Crippen LogP contribution in [0, 0.1) is 11.8 Å². The van der Waals surface area contributed by atoms with Crippen LogP contribution in [0.1, 0.15) is 6.42 Å². The number of allylic oxidation sites excluding steroid dienone is 1. The summed E-state index contributed by atoms with van der Waals surface area (Å²) in [5.74, 6) is 0.630. The molecule has 54 valence electrons. The van der Waals surface area contributed by atoms with Crippen LogP contribution in [0.25, 0.3) is 0 Å². The van der Waals surface area contributed by atoms with Crippen molar-refractivity contribution < 1.29 is 9.53 Å². The largest absolute Gasteiger partial charge is 0.380 e. The van der Waals surface area contributed by atoms with E-state index in [4.69, 9.17) is 4.74 Å². The minimum atomic E-state index is 0.0764. The lowest BCUT2D eigenvalue weighted by Crippen LogP contribution is -2.36. The number of fused-ring (bicyclic) bond motifs is 2. The van der Waals surface area contributed by atoms with E-state index in [0.717, 1.165) is 6.42 Å². The first kappa shape index (κ1) is 6.10. The van der Waals surface area contributed by atoms with E-state index < -0.39 is 0 Å². The van der Waals surface area contributed by atoms with Gasteiger partial charge in [0.25, 0.3) is 0 Å². The summed E-state index contributed by atoms with van der Waals surface area (Å²) in [5.41, 5.74) is 0. The van der Waals surface area contributed by atoms with Crippen molar-refractivity contribution in [2.45, 2.75) is 6.42 Å². The van der Waals surface area contributed by atoms with Crippen molar-refractivity contribution in [2.75, 3.05) is 13.2 Å². The number of ketones is 1. The minimum absolute atomic E-state index is 0.0764. The lowest BCUT2D eigenvalue weighted by molar-refractivity contribution is -0.135. The molecule has 2 heteroatoms. The Labute approximate surface area is 59.9 Å². The molecular weight excluding hydrogens is 128 g/mol. The van der Waals surface area contributed by atoms with Crippen LogP contribution in [-0.2, 0) is 9.53 Å². The summed E-state index contributed by atoms with van der Waals surface area (Å²) in [6.45, 7) is 1.24. The van der Waals surface area contributed by atoms with Gasteiger partial charge in [-0.1, -0.05) is 12.2 Å². The molecule has 1 aliphatic heterocycles. The number of Topliss-reactive ketones (excluding diaryl/α,β-unsaturated/α-hetero) is 1. The third-order valence-corrected chi connectivity index (χ3v) is 2.17. The summed E-state index contributed by atoms with van der Waals surface area (Å²) in [7, 11) is 0. The Bertz CT molecular complexity index is 184. The van der Waals surface area contributed by atoms with Crippen LogP contribution in [0.2, 0.25) is 0 Å². The molecular formula is C8H10O2. The summed E-state index contributed by atoms with van der Waals surface area (Å²) < 4.78 is 5.23. The van der Waals surface area contributed by atoms with Crippen molar-refractivity contribution >= 4 is 5.78 Å². The van der Waals surface area contributed by atoms with Crippen LogP contribution < -0.4 is 0 Å². The SMILES string of the molecule is O=C1[C@H]2CC=C[C@@H]1COC2. The number of hydrogen-bond donors (Lipinski definition) is 0. The van der Waals surface area contributed by atoms with Crippen LogP contribution in [0.4, 0.5) is 0 Å². The molecule has 0 radical (unpaired) electrons. The van der Waals surface area contributed by atoms with Gasteiger partial charge in [0.1, 0.15) is 5.78 Å². The highest BCUT2D eigenvalue weighted by Crippen LogP contribution is 2.24. The highest BCUT2D eigenvalue weighted by Gasteiger charge is 2.31. The van der Waals surface area contributed by atoms with Crippen molar-refractivity contribution in [1.82, 2.24) is 0 Å². The maximum atomic E-state index is 11.3. The molecule has 1 heterocycles. The fourth-order valence-corrected chi connectivity index (χ4v) is 1.55. The Morgan fingerprint density at radius 2 is 2.40 bits per heavy atom. The maximum Gasteiger partial charge on any atom is 0.147 e. The van der Waals surface area contributed by atoms with Crippen molar-refractivity contribution in [3.05, 3.63) is 12.2 Å². The van der Waals surface area contributed by atoms with Gasteiger partial charge >= 0.3 is 0 Å². The lowest BCUT2D eigenvalue weighted by Gasteiger charge is -2.28. The van der Waals surface area contributed by atoms with Crippen molar-refractivity contribution in [3.8, 4) is 0 Å². The van der Waals surface area contributed by atoms with Crippen molar-refractivity contribution in [3.63, 3.8) is 0 Å². The second-order valence-electron chi connectivity index (χ2n) is 2.91. The molecule has 0 saturated carbocycles. The van der Waals surface area contributed by atoms with Gasteiger partial charge in [0.05, 0.1) is 19.1 Å². The van der Waals surface area contributed by atoms with Gasteiger partial charge in [0, 0.05) is 5.92 Å². The van der Waals surface area contributed by atoms with E-state index in [2.05, 4.69) is 6.08 Å². The predicted molar refractivity (Wildman–Crippen MR) is 36.6 cm³/mol. The number of rotatable bonds is 0. The molecule has 0 N–H and O–H groups in total. The van der Waals surface area contributed by atoms with E-state index in [0.29, 0.717) is 19.0 Å². The third-order valence-electron chi connectivity index (χ3n) is 2.17. The van der Waals surface area contributed by atoms with Gasteiger partial charge in [0.15, 0.2) is 0 Å². The molecule has 2 aliphatic rings. The molecule has 1 saturated heterocycles. The van der Waals surface area contributed by atoms with E-state index in [1.807, 2.05) is 6.08 Å². The monoisotopic (exact) mass is 138 g/mol. The molecule has 2 nitrogen and oxygen atoms in total. The van der Waals surface area contributed by atoms with E-state index in [1.165, 1.54) is 0 Å². The van der Waals surface area contributed by atoms with Crippen LogP contribution in [0.15, 0.2) is 12.2 Å². The molecule has 2 atom stereocenters. The zero-order valence-electron chi connectivity index (χ0n) is 5.75. The summed E-state index contributed by atoms with van der Waals surface area (Å²) in [6.07, 6.45) is 4.95. The topological polar surface area (TPSA) is 26.3 Å². The molecule has 10 heavy (non-hydrogen) atoms. The van der Waals surface area contributed by atoms with E-state index in [9.17, 15) is 4.79 Å². The summed E-state index contributed by atoms with van der Waals surface area (Å²) >= 11 is 0. The molecule has 2 rings (SSSR count). The number of ether oxygens (including phenoxy) is 1. The van der Waals surface area contributed by atoms with Gasteiger partial charge < -0.3 is 4.74 Å². The summed E-state index contributed by atoms with van der Waals surface area (Å²) in [4.78, 5) is 11.3. The highest BCUT2D eigenvalue weighted by molar-refractivity contribution is 5.86. The van der Waals surface area contributed by atoms with Crippen LogP contribution >= 0.6 is 0 Å². The van der Waals surface area contributed by atoms with Gasteiger partial charge in [-0.3, -0.25) is 4.79 Å². The maximum absolute atomic E-state index is 11.3. The Morgan fingerprint density at radius 1 is 1.50 bits per heavy atom. The second-order valence-corrected chi connectivity index (χ2v) is 2.91. The van der Waals surface area contributed by atoms with Gasteiger partial charge in [-0.2, -0.15) is 0 Å². The number of carbonyl (C=O) groups excluding carboxylic acids is 1. The van der Waals surface area contributed by atoms with Gasteiger partial charge in [-0.25, -0.2) is 0 Å². The Kier molecular flexibility index (Phi) is 1.34. The van der Waals surface area contributed by atoms with Gasteiger partial charge in [-0.15, -0.1) is 0 Å². The van der Waals surface area contributed by atoms with Crippen LogP contribution in [-0.4, -0.2) is 19.0 Å². The zero-order chi connectivity index (χ0) is 6.97. The Balaban J connectivity index is 2.25. The van der Waals surface area contributed by atoms with E-state index >= 15 is 0 Å². The summed E-state index contributed by atoms with van der Waals surface area (Å²) in [5, 5.41) is 0. The normalized spacial score (nSPS) is 38.2. The summed E-state index contributed by atoms with van der Waals surface area (Å²) in [6, 6.07) is 0. The number of hydrogen-bond acceptors (Lipinski definition) is 2. The molecule has 0 amide bonds. The average Bonchev–Trinajstić information content (AvgIpc) is 1.86. The molecule has 1 aliphatic carbocycles. The fraction of sp³-hybridized carbons (Fsp3) is 0.625. The first-order chi connectivity index (χ1) is 4.88. The third kappa shape index (κ3) is 0.797. The molecule has 0 aromatic heterocycles. The van der Waals surface area contributed by atoms with E-state index in [1.54, 1.807) is 0 Å². The van der Waals surface area contributed by atoms with Gasteiger partial charge in [-0.05, 0) is 6.42 Å². The zero-order valence-corrected chi connectivity index (χ0v) is 5.75. The molecule has 1 fully saturated rings. The fourth-order valence-electron chi connectivity index (χ4n) is 1.55. The van der Waals surface area contributed by atoms with Crippen molar-refractivity contribution in [2.24, 2.45) is 11.8 Å². The predicted octanol–water partition coefficient (Wildman–Crippen LogP) is 0.778. The second kappa shape index (κ2) is 2.20. The molecule has 0 aromatic carbocycles. The number of carbonyl (C=O) groups is 1. The molecule has 0 unspecified atom stereocenters. The minimum Gasteiger partial charge on any atom is -0.380 e. The average molecular weight is 138 g/mol. The quantitative estimate of drug-likeness (QED) is 0.462. The molecule has 0 aromatic rings.